The van der Waals surface area contributed by atoms with Gasteiger partial charge in [-0.1, -0.05) is 67.2 Å². The summed E-state index contributed by atoms with van der Waals surface area (Å²) in [5.74, 6) is 4.92. The van der Waals surface area contributed by atoms with Crippen LogP contribution in [0.2, 0.25) is 0 Å². The van der Waals surface area contributed by atoms with Gasteiger partial charge in [0.05, 0.1) is 87.2 Å². The van der Waals surface area contributed by atoms with Gasteiger partial charge in [-0.25, -0.2) is 0 Å². The molecule has 0 bridgehead atoms. The van der Waals surface area contributed by atoms with Crippen molar-refractivity contribution in [2.24, 2.45) is 17.8 Å². The minimum absolute atomic E-state index is 0.0220. The van der Waals surface area contributed by atoms with Crippen molar-refractivity contribution in [1.82, 2.24) is 60.4 Å². The van der Waals surface area contributed by atoms with Gasteiger partial charge in [0, 0.05) is 96.4 Å². The van der Waals surface area contributed by atoms with Crippen LogP contribution < -0.4 is 18.9 Å². The fourth-order valence-electron chi connectivity index (χ4n) is 11.8. The monoisotopic (exact) mass is 1360 g/mol. The summed E-state index contributed by atoms with van der Waals surface area (Å²) in [6.07, 6.45) is 20.8. The molecule has 3 aliphatic heterocycles. The number of benzene rings is 4. The van der Waals surface area contributed by atoms with E-state index in [1.807, 2.05) is 87.2 Å². The van der Waals surface area contributed by atoms with Crippen LogP contribution in [0.15, 0.2) is 122 Å². The number of unbranched alkanes of at least 4 members (excludes halogenated alkanes) is 4. The highest BCUT2D eigenvalue weighted by atomic mass is 16.6. The average Bonchev–Trinajstić information content (AvgIpc) is 1.78. The Kier molecular flexibility index (Phi) is 33.3. The molecule has 11 rings (SSSR count). The molecule has 2 atom stereocenters. The molecule has 0 radical (unpaired) electrons. The number of nitrogens with zero attached hydrogens (tertiary/aromatic N) is 8. The smallest absolute Gasteiger partial charge is 0.145 e. The number of hydrogen-bond donors (Lipinski definition) is 5. The highest BCUT2D eigenvalue weighted by Gasteiger charge is 2.22. The summed E-state index contributed by atoms with van der Waals surface area (Å²) < 4.78 is 39.4. The topological polar surface area (TPSA) is 213 Å². The normalized spacial score (nSPS) is 15.1. The summed E-state index contributed by atoms with van der Waals surface area (Å²) in [7, 11) is 8.63. The van der Waals surface area contributed by atoms with Crippen LogP contribution in [0.25, 0.3) is 45.0 Å². The van der Waals surface area contributed by atoms with Crippen LogP contribution in [0, 0.1) is 17.8 Å². The second kappa shape index (κ2) is 42.6. The Morgan fingerprint density at radius 1 is 0.434 bits per heavy atom. The number of nitrogens with one attached hydrogen (secondary N) is 4. The van der Waals surface area contributed by atoms with E-state index in [9.17, 15) is 5.11 Å². The number of H-pyrrole nitrogens is 4. The first-order valence-electron chi connectivity index (χ1n) is 36.5. The van der Waals surface area contributed by atoms with Gasteiger partial charge in [0.25, 0.3) is 0 Å². The van der Waals surface area contributed by atoms with Gasteiger partial charge in [-0.15, -0.1) is 0 Å². The van der Waals surface area contributed by atoms with E-state index in [0.717, 1.165) is 179 Å². The Bertz CT molecular complexity index is 3410. The summed E-state index contributed by atoms with van der Waals surface area (Å²) in [6, 6.07) is 32.8. The van der Waals surface area contributed by atoms with E-state index in [1.165, 1.54) is 73.6 Å². The summed E-state index contributed by atoms with van der Waals surface area (Å²) in [6.45, 7) is 27.3. The van der Waals surface area contributed by atoms with Crippen LogP contribution in [0.1, 0.15) is 134 Å². The Morgan fingerprint density at radius 3 is 1.08 bits per heavy atom. The first-order chi connectivity index (χ1) is 48.3. The average molecular weight is 1360 g/mol. The fourth-order valence-corrected chi connectivity index (χ4v) is 11.8. The number of rotatable bonds is 36. The lowest BCUT2D eigenvalue weighted by Crippen LogP contribution is -2.38. The molecule has 4 aromatic carbocycles. The van der Waals surface area contributed by atoms with Crippen molar-refractivity contribution in [2.75, 3.05) is 114 Å². The number of aromatic amines is 4. The summed E-state index contributed by atoms with van der Waals surface area (Å²) in [5, 5.41) is 38.9. The van der Waals surface area contributed by atoms with Crippen molar-refractivity contribution >= 4 is 0 Å². The van der Waals surface area contributed by atoms with Crippen molar-refractivity contribution in [2.45, 2.75) is 151 Å². The molecule has 0 spiro atoms. The van der Waals surface area contributed by atoms with Crippen LogP contribution >= 0.6 is 0 Å². The summed E-state index contributed by atoms with van der Waals surface area (Å²) in [5.41, 5.74) is 13.8. The summed E-state index contributed by atoms with van der Waals surface area (Å²) in [4.78, 5) is 9.36. The molecule has 3 aliphatic rings. The number of hydrogen-bond acceptors (Lipinski definition) is 16. The summed E-state index contributed by atoms with van der Waals surface area (Å²) >= 11 is 0. The van der Waals surface area contributed by atoms with Gasteiger partial charge in [0.15, 0.2) is 0 Å². The highest BCUT2D eigenvalue weighted by Crippen LogP contribution is 2.31. The van der Waals surface area contributed by atoms with Crippen molar-refractivity contribution < 1.29 is 38.3 Å². The van der Waals surface area contributed by atoms with E-state index in [1.54, 1.807) is 0 Å². The second-order valence-corrected chi connectivity index (χ2v) is 27.3. The third-order valence-electron chi connectivity index (χ3n) is 18.2. The maximum atomic E-state index is 9.40. The fraction of sp³-hybridized carbons (Fsp3) is 0.544. The lowest BCUT2D eigenvalue weighted by Gasteiger charge is -2.26. The standard InChI is InChI=1S/C21H31N3O2.C20H29N3O2.C20H31N3O2.C18H25N3O2/c1-3-4-11-24(2)15-19-14-22-23-21(19)18-5-7-20(8-6-18)26-16-17-9-12-25-13-10-17;1-3-4-10-23(2)13-18-12-21-22-20(18)17-5-7-19(8-6-17)25-15-16-9-11-24-14-16;1-5-6-11-23(4)13-17-12-21-22-20(17)16-7-9-18(10-8-16)25-19(14-24)15(2)3;1-3-4-9-21(2)11-15-10-19-20-18(15)14-5-7-16(8-6-14)23-17-12-22-13-17/h5-8,14,17H,3-4,9-13,15-16H2,1-2H3,(H,22,23);5-8,12,16H,3-4,9-11,13-15H2,1-2H3,(H,21,22);7-10,12,15,19,24H,5-6,11,13-14H2,1-4H3,(H,21,22);5-8,10,17H,3-4,9,11-13H2,1-2H3,(H,19,20). The zero-order valence-corrected chi connectivity index (χ0v) is 61.1. The van der Waals surface area contributed by atoms with E-state index < -0.39 is 0 Å². The number of ether oxygens (including phenoxy) is 7. The van der Waals surface area contributed by atoms with E-state index in [0.29, 0.717) is 25.0 Å². The Morgan fingerprint density at radius 2 is 0.768 bits per heavy atom. The van der Waals surface area contributed by atoms with Crippen molar-refractivity contribution in [3.63, 3.8) is 0 Å². The predicted octanol–water partition coefficient (Wildman–Crippen LogP) is 14.6. The van der Waals surface area contributed by atoms with E-state index in [4.69, 9.17) is 33.2 Å². The number of aliphatic hydroxyl groups is 1. The molecule has 540 valence electrons. The molecule has 3 fully saturated rings. The lowest BCUT2D eigenvalue weighted by molar-refractivity contribution is -0.0796. The molecule has 3 saturated heterocycles. The lowest BCUT2D eigenvalue weighted by atomic mass is 10.0. The van der Waals surface area contributed by atoms with Crippen LogP contribution in [-0.2, 0) is 40.4 Å². The quantitative estimate of drug-likeness (QED) is 0.0247. The van der Waals surface area contributed by atoms with E-state index in [2.05, 4.69) is 165 Å². The third kappa shape index (κ3) is 25.9. The Labute approximate surface area is 590 Å². The Balaban J connectivity index is 0.000000168. The van der Waals surface area contributed by atoms with Crippen LogP contribution in [-0.4, -0.2) is 192 Å². The molecule has 2 unspecified atom stereocenters. The Hall–Kier alpha value is -7.40. The molecule has 7 heterocycles. The molecule has 0 amide bonds. The van der Waals surface area contributed by atoms with Crippen LogP contribution in [0.5, 0.6) is 23.0 Å². The van der Waals surface area contributed by atoms with Gasteiger partial charge in [-0.2, -0.15) is 20.4 Å². The van der Waals surface area contributed by atoms with E-state index in [-0.39, 0.29) is 24.7 Å². The molecule has 4 aromatic heterocycles. The van der Waals surface area contributed by atoms with Crippen LogP contribution in [0.4, 0.5) is 0 Å². The van der Waals surface area contributed by atoms with Crippen molar-refractivity contribution in [1.29, 1.82) is 0 Å². The van der Waals surface area contributed by atoms with Crippen molar-refractivity contribution in [3.05, 3.63) is 144 Å². The molecule has 0 saturated carbocycles. The number of aromatic nitrogens is 8. The van der Waals surface area contributed by atoms with Gasteiger partial charge in [0.1, 0.15) is 35.2 Å². The van der Waals surface area contributed by atoms with Crippen LogP contribution in [0.3, 0.4) is 0 Å². The molecule has 99 heavy (non-hydrogen) atoms. The van der Waals surface area contributed by atoms with Gasteiger partial charge >= 0.3 is 0 Å². The van der Waals surface area contributed by atoms with Gasteiger partial charge in [-0.05, 0) is 208 Å². The first kappa shape index (κ1) is 77.3. The minimum Gasteiger partial charge on any atom is -0.493 e. The molecule has 5 N–H and O–H groups in total. The molecule has 20 nitrogen and oxygen atoms in total. The third-order valence-corrected chi connectivity index (χ3v) is 18.2. The largest absolute Gasteiger partial charge is 0.493 e. The van der Waals surface area contributed by atoms with Gasteiger partial charge in [-0.3, -0.25) is 20.4 Å². The first-order valence-corrected chi connectivity index (χ1v) is 36.5. The number of aliphatic hydroxyl groups excluding tert-OH is 1. The minimum atomic E-state index is -0.180. The van der Waals surface area contributed by atoms with Crippen molar-refractivity contribution in [3.8, 4) is 68.0 Å². The van der Waals surface area contributed by atoms with E-state index >= 15 is 0 Å². The second-order valence-electron chi connectivity index (χ2n) is 27.3. The predicted molar refractivity (Wildman–Crippen MR) is 396 cm³/mol. The molecule has 8 aromatic rings. The maximum Gasteiger partial charge on any atom is 0.145 e. The highest BCUT2D eigenvalue weighted by molar-refractivity contribution is 5.66. The molecular weight excluding hydrogens is 1240 g/mol. The molecule has 0 aliphatic carbocycles. The molecule has 20 heteroatoms. The van der Waals surface area contributed by atoms with Gasteiger partial charge in [0.2, 0.25) is 0 Å². The zero-order valence-electron chi connectivity index (χ0n) is 61.1. The van der Waals surface area contributed by atoms with Gasteiger partial charge < -0.3 is 57.9 Å². The maximum absolute atomic E-state index is 9.40. The SMILES string of the molecule is CCCCN(C)Cc1cn[nH]c1-c1ccc(OC(CO)C(C)C)cc1.CCCCN(C)Cc1cn[nH]c1-c1ccc(OC2COC2)cc1.CCCCN(C)Cc1cn[nH]c1-c1ccc(OCC2CCOC2)cc1.CCCCN(C)Cc1cn[nH]c1-c1ccc(OCC2CCOCC2)cc1. The zero-order chi connectivity index (χ0) is 70.0. The molecular formula is C79H116N12O8.